The number of hydrogen-bond acceptors (Lipinski definition) is 7. The standard InChI is InChI=1S/C23H31N7O2S/c1-23(2,3)30-7-6-17-19(24-13-25-20(17)30)28(4)16-8-14-10-29(11-15(14)9-16)22(31)27-21-26-18(32-5)12-33-21/h6-7,12-16H,8-11H2,1-5H3,(H,26,27,31)/t14-,15+,16?. The van der Waals surface area contributed by atoms with Gasteiger partial charge in [0.05, 0.1) is 17.9 Å². The van der Waals surface area contributed by atoms with E-state index in [1.807, 2.05) is 4.90 Å². The molecule has 0 spiro atoms. The Bertz CT molecular complexity index is 1150. The van der Waals surface area contributed by atoms with Crippen LogP contribution in [0.2, 0.25) is 0 Å². The van der Waals surface area contributed by atoms with Crippen molar-refractivity contribution < 1.29 is 9.53 Å². The molecule has 0 bridgehead atoms. The molecule has 4 heterocycles. The van der Waals surface area contributed by atoms with Gasteiger partial charge in [0.1, 0.15) is 17.8 Å². The van der Waals surface area contributed by atoms with Crippen molar-refractivity contribution in [2.45, 2.75) is 45.2 Å². The molecular weight excluding hydrogens is 438 g/mol. The number of hydrogen-bond donors (Lipinski definition) is 1. The number of carbonyl (C=O) groups is 1. The van der Waals surface area contributed by atoms with Crippen LogP contribution in [0.5, 0.6) is 5.88 Å². The highest BCUT2D eigenvalue weighted by molar-refractivity contribution is 7.14. The summed E-state index contributed by atoms with van der Waals surface area (Å²) in [6.07, 6.45) is 5.89. The number of thiazole rings is 1. The predicted molar refractivity (Wildman–Crippen MR) is 130 cm³/mol. The predicted octanol–water partition coefficient (Wildman–Crippen LogP) is 4.03. The number of aromatic nitrogens is 4. The fraction of sp³-hybridized carbons (Fsp3) is 0.565. The highest BCUT2D eigenvalue weighted by Gasteiger charge is 2.44. The number of rotatable bonds is 4. The zero-order valence-corrected chi connectivity index (χ0v) is 20.6. The van der Waals surface area contributed by atoms with Crippen LogP contribution in [0, 0.1) is 11.8 Å². The van der Waals surface area contributed by atoms with Gasteiger partial charge in [0.25, 0.3) is 0 Å². The highest BCUT2D eigenvalue weighted by atomic mass is 32.1. The maximum atomic E-state index is 12.7. The quantitative estimate of drug-likeness (QED) is 0.621. The van der Waals surface area contributed by atoms with E-state index in [9.17, 15) is 4.79 Å². The van der Waals surface area contributed by atoms with Gasteiger partial charge in [0.2, 0.25) is 5.88 Å². The van der Waals surface area contributed by atoms with Crippen molar-refractivity contribution in [1.29, 1.82) is 0 Å². The molecule has 1 aliphatic carbocycles. The third kappa shape index (κ3) is 4.01. The average Bonchev–Trinajstić information content (AvgIpc) is 3.53. The van der Waals surface area contributed by atoms with E-state index in [0.29, 0.717) is 28.9 Å². The summed E-state index contributed by atoms with van der Waals surface area (Å²) in [5.74, 6) is 2.52. The zero-order valence-electron chi connectivity index (χ0n) is 19.8. The molecule has 33 heavy (non-hydrogen) atoms. The molecule has 0 radical (unpaired) electrons. The minimum absolute atomic E-state index is 0.0376. The van der Waals surface area contributed by atoms with Crippen molar-refractivity contribution >= 4 is 39.4 Å². The number of urea groups is 1. The number of likely N-dealkylation sites (tertiary alicyclic amines) is 1. The molecule has 1 saturated carbocycles. The third-order valence-electron chi connectivity index (χ3n) is 6.98. The molecule has 10 heteroatoms. The number of amides is 2. The van der Waals surface area contributed by atoms with Crippen LogP contribution < -0.4 is 15.0 Å². The number of nitrogens with one attached hydrogen (secondary N) is 1. The van der Waals surface area contributed by atoms with Gasteiger partial charge in [0, 0.05) is 37.9 Å². The van der Waals surface area contributed by atoms with Gasteiger partial charge >= 0.3 is 6.03 Å². The molecule has 3 atom stereocenters. The average molecular weight is 470 g/mol. The lowest BCUT2D eigenvalue weighted by Gasteiger charge is -2.28. The second kappa shape index (κ2) is 8.16. The highest BCUT2D eigenvalue weighted by Crippen LogP contribution is 2.42. The van der Waals surface area contributed by atoms with Crippen LogP contribution in [-0.2, 0) is 5.54 Å². The smallest absolute Gasteiger partial charge is 0.323 e. The minimum atomic E-state index is -0.0765. The minimum Gasteiger partial charge on any atom is -0.480 e. The molecule has 1 aliphatic heterocycles. The van der Waals surface area contributed by atoms with E-state index in [2.05, 4.69) is 69.8 Å². The summed E-state index contributed by atoms with van der Waals surface area (Å²) < 4.78 is 7.30. The Labute approximate surface area is 197 Å². The van der Waals surface area contributed by atoms with Crippen molar-refractivity contribution in [2.24, 2.45) is 11.8 Å². The van der Waals surface area contributed by atoms with Crippen molar-refractivity contribution in [3.05, 3.63) is 24.0 Å². The molecule has 5 rings (SSSR count). The van der Waals surface area contributed by atoms with Gasteiger partial charge < -0.3 is 19.1 Å². The van der Waals surface area contributed by atoms with Crippen LogP contribution in [0.4, 0.5) is 15.7 Å². The molecule has 1 unspecified atom stereocenters. The fourth-order valence-corrected chi connectivity index (χ4v) is 5.91. The van der Waals surface area contributed by atoms with Crippen LogP contribution in [0.25, 0.3) is 11.0 Å². The lowest BCUT2D eigenvalue weighted by atomic mass is 10.0. The van der Waals surface area contributed by atoms with E-state index < -0.39 is 0 Å². The van der Waals surface area contributed by atoms with Crippen molar-refractivity contribution in [3.63, 3.8) is 0 Å². The molecule has 1 saturated heterocycles. The van der Waals surface area contributed by atoms with Crippen LogP contribution in [0.15, 0.2) is 24.0 Å². The number of ether oxygens (including phenoxy) is 1. The summed E-state index contributed by atoms with van der Waals surface area (Å²) in [4.78, 5) is 30.4. The van der Waals surface area contributed by atoms with E-state index in [4.69, 9.17) is 4.74 Å². The van der Waals surface area contributed by atoms with E-state index in [1.165, 1.54) is 11.3 Å². The number of methoxy groups -OCH3 is 1. The Morgan fingerprint density at radius 2 is 1.97 bits per heavy atom. The molecule has 2 fully saturated rings. The first-order valence-electron chi connectivity index (χ1n) is 11.4. The molecular formula is C23H31N7O2S. The Morgan fingerprint density at radius 3 is 2.61 bits per heavy atom. The summed E-state index contributed by atoms with van der Waals surface area (Å²) in [6.45, 7) is 8.11. The maximum Gasteiger partial charge on any atom is 0.323 e. The fourth-order valence-electron chi connectivity index (χ4n) is 5.26. The number of nitrogens with zero attached hydrogens (tertiary/aromatic N) is 6. The van der Waals surface area contributed by atoms with Crippen molar-refractivity contribution in [3.8, 4) is 5.88 Å². The molecule has 2 amide bonds. The Hall–Kier alpha value is -2.88. The lowest BCUT2D eigenvalue weighted by molar-refractivity contribution is 0.218. The summed E-state index contributed by atoms with van der Waals surface area (Å²) in [7, 11) is 3.71. The SMILES string of the molecule is COc1csc(NC(=O)N2C[C@H]3CC(N(C)c4ncnc5c4ccn5C(C)(C)C)C[C@H]3C2)n1. The van der Waals surface area contributed by atoms with Crippen LogP contribution >= 0.6 is 11.3 Å². The van der Waals surface area contributed by atoms with Crippen LogP contribution in [0.1, 0.15) is 33.6 Å². The van der Waals surface area contributed by atoms with E-state index in [-0.39, 0.29) is 11.6 Å². The molecule has 1 N–H and O–H groups in total. The van der Waals surface area contributed by atoms with Gasteiger partial charge in [-0.05, 0) is 51.5 Å². The number of carbonyl (C=O) groups excluding carboxylic acids is 1. The summed E-state index contributed by atoms with van der Waals surface area (Å²) in [5.41, 5.74) is 0.934. The van der Waals surface area contributed by atoms with Gasteiger partial charge in [-0.2, -0.15) is 4.98 Å². The maximum absolute atomic E-state index is 12.7. The Morgan fingerprint density at radius 1 is 1.24 bits per heavy atom. The Balaban J connectivity index is 1.25. The molecule has 9 nitrogen and oxygen atoms in total. The largest absolute Gasteiger partial charge is 0.480 e. The number of fused-ring (bicyclic) bond motifs is 2. The normalized spacial score (nSPS) is 22.6. The zero-order chi connectivity index (χ0) is 23.3. The number of anilines is 2. The molecule has 176 valence electrons. The molecule has 2 aliphatic rings. The van der Waals surface area contributed by atoms with E-state index in [1.54, 1.807) is 18.8 Å². The molecule has 0 aromatic carbocycles. The van der Waals surface area contributed by atoms with E-state index in [0.717, 1.165) is 42.8 Å². The monoisotopic (exact) mass is 469 g/mol. The summed E-state index contributed by atoms with van der Waals surface area (Å²) in [5, 5.41) is 6.35. The van der Waals surface area contributed by atoms with Crippen LogP contribution in [-0.4, -0.2) is 63.7 Å². The topological polar surface area (TPSA) is 88.4 Å². The van der Waals surface area contributed by atoms with Crippen molar-refractivity contribution in [1.82, 2.24) is 24.4 Å². The van der Waals surface area contributed by atoms with Gasteiger partial charge in [-0.15, -0.1) is 11.3 Å². The van der Waals surface area contributed by atoms with Gasteiger partial charge in [-0.3, -0.25) is 5.32 Å². The Kier molecular flexibility index (Phi) is 5.43. The second-order valence-electron chi connectivity index (χ2n) is 10.1. The van der Waals surface area contributed by atoms with Gasteiger partial charge in [0.15, 0.2) is 5.13 Å². The first-order chi connectivity index (χ1) is 15.7. The first kappa shape index (κ1) is 21.9. The molecule has 3 aromatic rings. The lowest BCUT2D eigenvalue weighted by Crippen LogP contribution is -2.36. The molecule has 3 aromatic heterocycles. The van der Waals surface area contributed by atoms with E-state index >= 15 is 0 Å². The van der Waals surface area contributed by atoms with Crippen LogP contribution in [0.3, 0.4) is 0 Å². The van der Waals surface area contributed by atoms with Crippen molar-refractivity contribution in [2.75, 3.05) is 37.5 Å². The summed E-state index contributed by atoms with van der Waals surface area (Å²) in [6, 6.07) is 2.46. The third-order valence-corrected chi connectivity index (χ3v) is 7.72. The van der Waals surface area contributed by atoms with Gasteiger partial charge in [-0.1, -0.05) is 0 Å². The van der Waals surface area contributed by atoms with Gasteiger partial charge in [-0.25, -0.2) is 14.8 Å². The first-order valence-corrected chi connectivity index (χ1v) is 12.2. The summed E-state index contributed by atoms with van der Waals surface area (Å²) >= 11 is 1.37. The second-order valence-corrected chi connectivity index (χ2v) is 10.9.